The smallest absolute Gasteiger partial charge is 0.172 e. The van der Waals surface area contributed by atoms with Gasteiger partial charge in [0, 0.05) is 17.2 Å². The van der Waals surface area contributed by atoms with Gasteiger partial charge in [-0.3, -0.25) is 0 Å². The van der Waals surface area contributed by atoms with Crippen LogP contribution < -0.4 is 10.6 Å². The van der Waals surface area contributed by atoms with Crippen LogP contribution in [-0.4, -0.2) is 21.6 Å². The van der Waals surface area contributed by atoms with E-state index in [0.29, 0.717) is 6.61 Å². The van der Waals surface area contributed by atoms with E-state index in [2.05, 4.69) is 10.3 Å². The SMILES string of the molecule is CCOC(C=CP(=O)(c1ccccc1)c1ccccc1)n1nnc2ccccc21. The topological polar surface area (TPSA) is 57.0 Å². The average Bonchev–Trinajstić information content (AvgIpc) is 3.22. The van der Waals surface area contributed by atoms with Crippen LogP contribution in [0.25, 0.3) is 11.0 Å². The molecule has 1 aromatic heterocycles. The van der Waals surface area contributed by atoms with Crippen molar-refractivity contribution >= 4 is 28.8 Å². The summed E-state index contributed by atoms with van der Waals surface area (Å²) in [4.78, 5) is 0. The second-order valence-electron chi connectivity index (χ2n) is 6.54. The molecule has 0 fully saturated rings. The fourth-order valence-corrected chi connectivity index (χ4v) is 5.53. The highest BCUT2D eigenvalue weighted by molar-refractivity contribution is 7.81. The predicted molar refractivity (Wildman–Crippen MR) is 117 cm³/mol. The Morgan fingerprint density at radius 2 is 1.52 bits per heavy atom. The van der Waals surface area contributed by atoms with Crippen molar-refractivity contribution in [3.8, 4) is 0 Å². The quantitative estimate of drug-likeness (QED) is 0.427. The summed E-state index contributed by atoms with van der Waals surface area (Å²) in [6, 6.07) is 26.8. The van der Waals surface area contributed by atoms with Gasteiger partial charge in [0.1, 0.15) is 5.52 Å². The summed E-state index contributed by atoms with van der Waals surface area (Å²) in [6.07, 6.45) is 1.32. The Bertz CT molecular complexity index is 1110. The molecule has 0 amide bonds. The Hall–Kier alpha value is -3.01. The van der Waals surface area contributed by atoms with Crippen LogP contribution in [0, 0.1) is 0 Å². The highest BCUT2D eigenvalue weighted by Crippen LogP contribution is 2.45. The summed E-state index contributed by atoms with van der Waals surface area (Å²) in [7, 11) is -2.99. The molecule has 4 rings (SSSR count). The van der Waals surface area contributed by atoms with Crippen molar-refractivity contribution in [3.05, 3.63) is 96.8 Å². The standard InChI is InChI=1S/C23H22N3O2P/c1-2-28-23(26-22-16-10-9-15-21(22)24-25-26)17-18-29(27,19-11-5-3-6-12-19)20-13-7-4-8-14-20/h3-18,23H,2H2,1H3. The van der Waals surface area contributed by atoms with E-state index in [9.17, 15) is 4.57 Å². The summed E-state index contributed by atoms with van der Waals surface area (Å²) in [6.45, 7) is 2.41. The van der Waals surface area contributed by atoms with Crippen LogP contribution >= 0.6 is 7.14 Å². The maximum atomic E-state index is 14.2. The van der Waals surface area contributed by atoms with E-state index in [1.54, 1.807) is 10.5 Å². The highest BCUT2D eigenvalue weighted by Gasteiger charge is 2.25. The second-order valence-corrected chi connectivity index (χ2v) is 9.19. The molecule has 6 heteroatoms. The Balaban J connectivity index is 1.78. The average molecular weight is 403 g/mol. The zero-order valence-corrected chi connectivity index (χ0v) is 17.0. The summed E-state index contributed by atoms with van der Waals surface area (Å²) >= 11 is 0. The minimum atomic E-state index is -2.99. The number of para-hydroxylation sites is 1. The van der Waals surface area contributed by atoms with Crippen molar-refractivity contribution in [2.75, 3.05) is 6.61 Å². The molecule has 0 aliphatic carbocycles. The van der Waals surface area contributed by atoms with E-state index in [0.717, 1.165) is 21.6 Å². The minimum absolute atomic E-state index is 0.490. The van der Waals surface area contributed by atoms with Gasteiger partial charge in [0.05, 0.1) is 5.52 Å². The maximum Gasteiger partial charge on any atom is 0.172 e. The molecule has 4 aromatic rings. The lowest BCUT2D eigenvalue weighted by Crippen LogP contribution is -2.16. The van der Waals surface area contributed by atoms with Crippen molar-refractivity contribution in [1.82, 2.24) is 15.0 Å². The van der Waals surface area contributed by atoms with E-state index < -0.39 is 13.4 Å². The summed E-state index contributed by atoms with van der Waals surface area (Å²) in [5.74, 6) is 1.77. The molecule has 0 spiro atoms. The first kappa shape index (κ1) is 19.3. The third-order valence-electron chi connectivity index (χ3n) is 4.70. The number of aromatic nitrogens is 3. The predicted octanol–water partition coefficient (Wildman–Crippen LogP) is 4.49. The number of hydrogen-bond acceptors (Lipinski definition) is 4. The summed E-state index contributed by atoms with van der Waals surface area (Å²) in [5.41, 5.74) is 1.66. The van der Waals surface area contributed by atoms with Gasteiger partial charge < -0.3 is 9.30 Å². The van der Waals surface area contributed by atoms with Crippen LogP contribution in [0.1, 0.15) is 13.2 Å². The molecule has 0 saturated carbocycles. The molecule has 0 aliphatic rings. The van der Waals surface area contributed by atoms with Gasteiger partial charge in [0.25, 0.3) is 0 Å². The fraction of sp³-hybridized carbons (Fsp3) is 0.130. The number of rotatable bonds is 7. The van der Waals surface area contributed by atoms with Gasteiger partial charge in [-0.05, 0) is 30.9 Å². The van der Waals surface area contributed by atoms with Crippen LogP contribution in [0.3, 0.4) is 0 Å². The Morgan fingerprint density at radius 3 is 2.14 bits per heavy atom. The monoisotopic (exact) mass is 403 g/mol. The van der Waals surface area contributed by atoms with Crippen LogP contribution in [0.2, 0.25) is 0 Å². The molecule has 1 atom stereocenters. The molecular weight excluding hydrogens is 381 g/mol. The normalized spacial score (nSPS) is 13.1. The second kappa shape index (κ2) is 8.56. The first-order valence-electron chi connectivity index (χ1n) is 9.54. The first-order chi connectivity index (χ1) is 14.2. The van der Waals surface area contributed by atoms with Crippen molar-refractivity contribution in [2.24, 2.45) is 0 Å². The largest absolute Gasteiger partial charge is 0.353 e. The van der Waals surface area contributed by atoms with Crippen molar-refractivity contribution in [1.29, 1.82) is 0 Å². The number of ether oxygens (including phenoxy) is 1. The lowest BCUT2D eigenvalue weighted by Gasteiger charge is -2.18. The molecule has 0 N–H and O–H groups in total. The Labute approximate surface area is 170 Å². The summed E-state index contributed by atoms with van der Waals surface area (Å²) in [5, 5.41) is 10.0. The van der Waals surface area contributed by atoms with Gasteiger partial charge in [-0.25, -0.2) is 4.68 Å². The summed E-state index contributed by atoms with van der Waals surface area (Å²) < 4.78 is 21.8. The Kier molecular flexibility index (Phi) is 5.70. The van der Waals surface area contributed by atoms with Crippen molar-refractivity contribution < 1.29 is 9.30 Å². The lowest BCUT2D eigenvalue weighted by atomic mass is 10.3. The molecule has 1 heterocycles. The minimum Gasteiger partial charge on any atom is -0.353 e. The fourth-order valence-electron chi connectivity index (χ4n) is 3.27. The van der Waals surface area contributed by atoms with Gasteiger partial charge >= 0.3 is 0 Å². The van der Waals surface area contributed by atoms with Crippen LogP contribution in [0.5, 0.6) is 0 Å². The van der Waals surface area contributed by atoms with Gasteiger partial charge in [-0.15, -0.1) is 5.10 Å². The third kappa shape index (κ3) is 3.93. The molecule has 0 aliphatic heterocycles. The molecular formula is C23H22N3O2P. The van der Waals surface area contributed by atoms with Crippen LogP contribution in [0.15, 0.2) is 96.8 Å². The van der Waals surface area contributed by atoms with Crippen molar-refractivity contribution in [2.45, 2.75) is 13.2 Å². The first-order valence-corrected chi connectivity index (χ1v) is 11.3. The molecule has 0 radical (unpaired) electrons. The zero-order valence-electron chi connectivity index (χ0n) is 16.1. The molecule has 0 saturated heterocycles. The van der Waals surface area contributed by atoms with E-state index >= 15 is 0 Å². The maximum absolute atomic E-state index is 14.2. The molecule has 5 nitrogen and oxygen atoms in total. The Morgan fingerprint density at radius 1 is 0.931 bits per heavy atom. The molecule has 1 unspecified atom stereocenters. The van der Waals surface area contributed by atoms with Gasteiger partial charge in [-0.1, -0.05) is 78.0 Å². The van der Waals surface area contributed by atoms with Gasteiger partial charge in [-0.2, -0.15) is 0 Å². The molecule has 3 aromatic carbocycles. The van der Waals surface area contributed by atoms with Gasteiger partial charge in [0.2, 0.25) is 0 Å². The van der Waals surface area contributed by atoms with Crippen LogP contribution in [-0.2, 0) is 9.30 Å². The van der Waals surface area contributed by atoms with E-state index in [1.807, 2.05) is 97.9 Å². The molecule has 0 bridgehead atoms. The third-order valence-corrected chi connectivity index (χ3v) is 7.42. The highest BCUT2D eigenvalue weighted by atomic mass is 31.2. The lowest BCUT2D eigenvalue weighted by molar-refractivity contribution is 0.0400. The number of hydrogen-bond donors (Lipinski definition) is 0. The number of nitrogens with zero attached hydrogens (tertiary/aromatic N) is 3. The van der Waals surface area contributed by atoms with Gasteiger partial charge in [0.15, 0.2) is 13.4 Å². The van der Waals surface area contributed by atoms with E-state index in [1.165, 1.54) is 0 Å². The molecule has 29 heavy (non-hydrogen) atoms. The zero-order chi connectivity index (χ0) is 20.1. The van der Waals surface area contributed by atoms with E-state index in [-0.39, 0.29) is 0 Å². The van der Waals surface area contributed by atoms with Crippen molar-refractivity contribution in [3.63, 3.8) is 0 Å². The number of fused-ring (bicyclic) bond motifs is 1. The van der Waals surface area contributed by atoms with Crippen LogP contribution in [0.4, 0.5) is 0 Å². The van der Waals surface area contributed by atoms with E-state index in [4.69, 9.17) is 4.74 Å². The number of benzene rings is 3. The molecule has 146 valence electrons.